The van der Waals surface area contributed by atoms with Crippen LogP contribution in [0.2, 0.25) is 0 Å². The maximum absolute atomic E-state index is 11.0. The number of methoxy groups -OCH3 is 2. The largest absolute Gasteiger partial charge is 0.497 e. The average molecular weight is 466 g/mol. The molecule has 0 aliphatic heterocycles. The molecule has 4 rings (SSSR count). The molecule has 0 unspecified atom stereocenters. The summed E-state index contributed by atoms with van der Waals surface area (Å²) in [5, 5.41) is 14.7. The van der Waals surface area contributed by atoms with Gasteiger partial charge >= 0.3 is 0 Å². The highest BCUT2D eigenvalue weighted by atomic mass is 32.2. The Balaban J connectivity index is 1.53. The summed E-state index contributed by atoms with van der Waals surface area (Å²) in [6.07, 6.45) is 1.75. The van der Waals surface area contributed by atoms with Gasteiger partial charge in [-0.1, -0.05) is 12.1 Å². The van der Waals surface area contributed by atoms with Gasteiger partial charge in [0.25, 0.3) is 5.69 Å². The molecule has 9 heteroatoms. The van der Waals surface area contributed by atoms with Crippen LogP contribution in [0.5, 0.6) is 11.5 Å². The van der Waals surface area contributed by atoms with Crippen molar-refractivity contribution in [3.8, 4) is 33.3 Å². The fraction of sp³-hybridized carbons (Fsp3) is 0.130. The lowest BCUT2D eigenvalue weighted by molar-refractivity contribution is -0.384. The smallest absolute Gasteiger partial charge is 0.269 e. The standard InChI is InChI=1S/C23H19N3O4S2/c1-29-18-6-7-19(21(12-18)30-2)20-14-32-23(25-20)16-8-9-24-22(11-16)31-13-15-4-3-5-17(10-15)26(27)28/h3-12,14H,13H2,1-2H3. The molecule has 2 heterocycles. The number of thioether (sulfide) groups is 1. The van der Waals surface area contributed by atoms with E-state index >= 15 is 0 Å². The van der Waals surface area contributed by atoms with Gasteiger partial charge in [-0.2, -0.15) is 0 Å². The monoisotopic (exact) mass is 465 g/mol. The average Bonchev–Trinajstić information content (AvgIpc) is 3.33. The number of aromatic nitrogens is 2. The lowest BCUT2D eigenvalue weighted by atomic mass is 10.1. The van der Waals surface area contributed by atoms with Gasteiger partial charge in [0.2, 0.25) is 0 Å². The van der Waals surface area contributed by atoms with E-state index in [1.165, 1.54) is 17.8 Å². The number of rotatable bonds is 8. The summed E-state index contributed by atoms with van der Waals surface area (Å²) in [6, 6.07) is 16.2. The normalized spacial score (nSPS) is 10.7. The molecule has 0 fully saturated rings. The summed E-state index contributed by atoms with van der Waals surface area (Å²) in [5.74, 6) is 2.01. The molecule has 0 aliphatic rings. The van der Waals surface area contributed by atoms with Crippen LogP contribution in [0, 0.1) is 10.1 Å². The van der Waals surface area contributed by atoms with Crippen LogP contribution in [-0.2, 0) is 5.75 Å². The molecule has 0 N–H and O–H groups in total. The summed E-state index contributed by atoms with van der Waals surface area (Å²) in [6.45, 7) is 0. The van der Waals surface area contributed by atoms with Gasteiger partial charge in [-0.25, -0.2) is 9.97 Å². The van der Waals surface area contributed by atoms with Crippen molar-refractivity contribution in [2.24, 2.45) is 0 Å². The summed E-state index contributed by atoms with van der Waals surface area (Å²) >= 11 is 3.07. The van der Waals surface area contributed by atoms with Gasteiger partial charge in [0.1, 0.15) is 16.5 Å². The zero-order valence-electron chi connectivity index (χ0n) is 17.3. The molecule has 0 radical (unpaired) electrons. The van der Waals surface area contributed by atoms with E-state index in [-0.39, 0.29) is 10.6 Å². The number of ether oxygens (including phenoxy) is 2. The van der Waals surface area contributed by atoms with Crippen molar-refractivity contribution >= 4 is 28.8 Å². The highest BCUT2D eigenvalue weighted by Crippen LogP contribution is 2.36. The first-order valence-electron chi connectivity index (χ1n) is 9.58. The second-order valence-electron chi connectivity index (χ2n) is 6.70. The van der Waals surface area contributed by atoms with Gasteiger partial charge in [-0.05, 0) is 29.8 Å². The molecule has 0 spiro atoms. The molecule has 7 nitrogen and oxygen atoms in total. The van der Waals surface area contributed by atoms with Crippen molar-refractivity contribution in [2.75, 3.05) is 14.2 Å². The molecule has 0 aliphatic carbocycles. The number of hydrogen-bond donors (Lipinski definition) is 0. The topological polar surface area (TPSA) is 87.4 Å². The third kappa shape index (κ3) is 4.90. The molecule has 0 saturated heterocycles. The zero-order chi connectivity index (χ0) is 22.5. The Morgan fingerprint density at radius 3 is 2.75 bits per heavy atom. The van der Waals surface area contributed by atoms with E-state index < -0.39 is 0 Å². The lowest BCUT2D eigenvalue weighted by Crippen LogP contribution is -1.91. The Morgan fingerprint density at radius 1 is 1.09 bits per heavy atom. The quantitative estimate of drug-likeness (QED) is 0.177. The van der Waals surface area contributed by atoms with Crippen molar-refractivity contribution in [3.05, 3.63) is 81.9 Å². The number of non-ortho nitro benzene ring substituents is 1. The van der Waals surface area contributed by atoms with Gasteiger partial charge in [-0.3, -0.25) is 10.1 Å². The number of nitro benzene ring substituents is 1. The Labute approximate surface area is 193 Å². The fourth-order valence-corrected chi connectivity index (χ4v) is 4.74. The SMILES string of the molecule is COc1ccc(-c2csc(-c3ccnc(SCc4cccc([N+](=O)[O-])c4)c3)n2)c(OC)c1. The minimum Gasteiger partial charge on any atom is -0.497 e. The highest BCUT2D eigenvalue weighted by molar-refractivity contribution is 7.98. The van der Waals surface area contributed by atoms with Gasteiger partial charge < -0.3 is 9.47 Å². The number of nitro groups is 1. The van der Waals surface area contributed by atoms with E-state index in [0.717, 1.165) is 38.2 Å². The first-order chi connectivity index (χ1) is 15.6. The fourth-order valence-electron chi connectivity index (χ4n) is 3.08. The summed E-state index contributed by atoms with van der Waals surface area (Å²) < 4.78 is 10.8. The van der Waals surface area contributed by atoms with Gasteiger partial charge in [-0.15, -0.1) is 23.1 Å². The number of nitrogens with zero attached hydrogens (tertiary/aromatic N) is 3. The molecule has 2 aromatic heterocycles. The number of benzene rings is 2. The Morgan fingerprint density at radius 2 is 1.97 bits per heavy atom. The maximum atomic E-state index is 11.0. The first-order valence-corrected chi connectivity index (χ1v) is 11.4. The van der Waals surface area contributed by atoms with Crippen LogP contribution in [0.1, 0.15) is 5.56 Å². The van der Waals surface area contributed by atoms with E-state index in [2.05, 4.69) is 4.98 Å². The van der Waals surface area contributed by atoms with Crippen molar-refractivity contribution in [3.63, 3.8) is 0 Å². The van der Waals surface area contributed by atoms with E-state index in [9.17, 15) is 10.1 Å². The second-order valence-corrected chi connectivity index (χ2v) is 8.56. The van der Waals surface area contributed by atoms with Crippen LogP contribution < -0.4 is 9.47 Å². The van der Waals surface area contributed by atoms with Crippen LogP contribution in [0.25, 0.3) is 21.8 Å². The van der Waals surface area contributed by atoms with Crippen LogP contribution in [0.15, 0.2) is 71.2 Å². The van der Waals surface area contributed by atoms with E-state index in [4.69, 9.17) is 14.5 Å². The summed E-state index contributed by atoms with van der Waals surface area (Å²) in [5.41, 5.74) is 3.65. The molecule has 162 valence electrons. The summed E-state index contributed by atoms with van der Waals surface area (Å²) in [4.78, 5) is 19.8. The Bertz CT molecular complexity index is 1260. The first kappa shape index (κ1) is 21.8. The van der Waals surface area contributed by atoms with E-state index in [1.807, 2.05) is 41.8 Å². The number of hydrogen-bond acceptors (Lipinski definition) is 8. The Hall–Kier alpha value is -3.43. The van der Waals surface area contributed by atoms with Crippen LogP contribution in [0.3, 0.4) is 0 Å². The molecule has 0 bridgehead atoms. The molecular formula is C23H19N3O4S2. The second kappa shape index (κ2) is 9.80. The van der Waals surface area contributed by atoms with Gasteiger partial charge in [0.05, 0.1) is 29.9 Å². The lowest BCUT2D eigenvalue weighted by Gasteiger charge is -2.08. The third-order valence-corrected chi connectivity index (χ3v) is 6.57. The van der Waals surface area contributed by atoms with Crippen LogP contribution in [-0.4, -0.2) is 29.1 Å². The van der Waals surface area contributed by atoms with Gasteiger partial charge in [0, 0.05) is 46.7 Å². The predicted octanol–water partition coefficient (Wildman–Crippen LogP) is 6.09. The minimum atomic E-state index is -0.384. The molecule has 4 aromatic rings. The van der Waals surface area contributed by atoms with Crippen molar-refractivity contribution < 1.29 is 14.4 Å². The predicted molar refractivity (Wildman–Crippen MR) is 127 cm³/mol. The van der Waals surface area contributed by atoms with Crippen molar-refractivity contribution in [1.29, 1.82) is 0 Å². The number of thiazole rings is 1. The maximum Gasteiger partial charge on any atom is 0.269 e. The molecular weight excluding hydrogens is 446 g/mol. The minimum absolute atomic E-state index is 0.0917. The number of pyridine rings is 1. The molecule has 0 amide bonds. The van der Waals surface area contributed by atoms with Crippen LogP contribution in [0.4, 0.5) is 5.69 Å². The molecule has 32 heavy (non-hydrogen) atoms. The highest BCUT2D eigenvalue weighted by Gasteiger charge is 2.13. The van der Waals surface area contributed by atoms with Crippen molar-refractivity contribution in [1.82, 2.24) is 9.97 Å². The summed E-state index contributed by atoms with van der Waals surface area (Å²) in [7, 11) is 3.24. The van der Waals surface area contributed by atoms with E-state index in [0.29, 0.717) is 11.5 Å². The van der Waals surface area contributed by atoms with E-state index in [1.54, 1.807) is 43.9 Å². The Kier molecular flexibility index (Phi) is 6.67. The molecule has 0 atom stereocenters. The molecule has 2 aromatic carbocycles. The third-order valence-electron chi connectivity index (χ3n) is 4.68. The van der Waals surface area contributed by atoms with Crippen molar-refractivity contribution in [2.45, 2.75) is 10.8 Å². The van der Waals surface area contributed by atoms with Crippen LogP contribution >= 0.6 is 23.1 Å². The van der Waals surface area contributed by atoms with Gasteiger partial charge in [0.15, 0.2) is 0 Å². The zero-order valence-corrected chi connectivity index (χ0v) is 19.0. The molecule has 0 saturated carbocycles.